The number of hydrogen-bond donors (Lipinski definition) is 2. The SMILES string of the molecule is COc1cc(C(=O)NCC(C)(O)CN(C)C)ccc1C. The van der Waals surface area contributed by atoms with Crippen molar-refractivity contribution >= 4 is 5.91 Å². The van der Waals surface area contributed by atoms with Gasteiger partial charge in [-0.2, -0.15) is 0 Å². The molecule has 1 aromatic rings. The fourth-order valence-electron chi connectivity index (χ4n) is 2.07. The van der Waals surface area contributed by atoms with Gasteiger partial charge in [-0.15, -0.1) is 0 Å². The van der Waals surface area contributed by atoms with Crippen LogP contribution in [0.2, 0.25) is 0 Å². The average molecular weight is 280 g/mol. The maximum Gasteiger partial charge on any atom is 0.251 e. The Labute approximate surface area is 120 Å². The minimum Gasteiger partial charge on any atom is -0.496 e. The summed E-state index contributed by atoms with van der Waals surface area (Å²) in [5.41, 5.74) is 0.533. The van der Waals surface area contributed by atoms with Crippen molar-refractivity contribution in [2.45, 2.75) is 19.4 Å². The lowest BCUT2D eigenvalue weighted by molar-refractivity contribution is 0.0326. The maximum atomic E-state index is 12.1. The van der Waals surface area contributed by atoms with E-state index in [0.717, 1.165) is 5.56 Å². The number of ether oxygens (including phenoxy) is 1. The standard InChI is InChI=1S/C15H24N2O3/c1-11-6-7-12(8-13(11)20-5)14(18)16-9-15(2,19)10-17(3)4/h6-8,19H,9-10H2,1-5H3,(H,16,18). The van der Waals surface area contributed by atoms with Crippen LogP contribution in [0.1, 0.15) is 22.8 Å². The van der Waals surface area contributed by atoms with Crippen molar-refractivity contribution in [2.75, 3.05) is 34.3 Å². The summed E-state index contributed by atoms with van der Waals surface area (Å²) in [6.07, 6.45) is 0. The molecule has 0 aliphatic heterocycles. The number of likely N-dealkylation sites (N-methyl/N-ethyl adjacent to an activating group) is 1. The lowest BCUT2D eigenvalue weighted by Crippen LogP contribution is -2.47. The quantitative estimate of drug-likeness (QED) is 0.817. The van der Waals surface area contributed by atoms with Crippen LogP contribution in [0, 0.1) is 6.92 Å². The van der Waals surface area contributed by atoms with Gasteiger partial charge in [0.1, 0.15) is 5.75 Å². The van der Waals surface area contributed by atoms with Gasteiger partial charge in [-0.05, 0) is 45.6 Å². The number of carbonyl (C=O) groups excluding carboxylic acids is 1. The summed E-state index contributed by atoms with van der Waals surface area (Å²) in [4.78, 5) is 13.9. The predicted molar refractivity (Wildman–Crippen MR) is 79.2 cm³/mol. The normalized spacial score (nSPS) is 13.9. The van der Waals surface area contributed by atoms with E-state index in [1.54, 1.807) is 26.2 Å². The Bertz CT molecular complexity index is 470. The van der Waals surface area contributed by atoms with Crippen molar-refractivity contribution in [3.63, 3.8) is 0 Å². The van der Waals surface area contributed by atoms with E-state index in [1.807, 2.05) is 32.0 Å². The third kappa shape index (κ3) is 4.83. The van der Waals surface area contributed by atoms with Crippen molar-refractivity contribution < 1.29 is 14.6 Å². The van der Waals surface area contributed by atoms with Crippen molar-refractivity contribution in [1.82, 2.24) is 10.2 Å². The molecule has 1 aromatic carbocycles. The van der Waals surface area contributed by atoms with Crippen molar-refractivity contribution in [3.05, 3.63) is 29.3 Å². The van der Waals surface area contributed by atoms with Crippen LogP contribution in [-0.2, 0) is 0 Å². The van der Waals surface area contributed by atoms with E-state index < -0.39 is 5.60 Å². The van der Waals surface area contributed by atoms with Gasteiger partial charge in [-0.25, -0.2) is 0 Å². The fraction of sp³-hybridized carbons (Fsp3) is 0.533. The molecule has 1 unspecified atom stereocenters. The van der Waals surface area contributed by atoms with Crippen LogP contribution in [0.15, 0.2) is 18.2 Å². The van der Waals surface area contributed by atoms with Gasteiger partial charge in [-0.1, -0.05) is 6.07 Å². The van der Waals surface area contributed by atoms with Crippen LogP contribution in [0.25, 0.3) is 0 Å². The average Bonchev–Trinajstić information content (AvgIpc) is 2.35. The molecule has 0 saturated heterocycles. The molecule has 0 aliphatic carbocycles. The van der Waals surface area contributed by atoms with Gasteiger partial charge in [0.25, 0.3) is 5.91 Å². The number of hydrogen-bond acceptors (Lipinski definition) is 4. The molecule has 0 saturated carbocycles. The predicted octanol–water partition coefficient (Wildman–Crippen LogP) is 1.05. The number of rotatable bonds is 6. The van der Waals surface area contributed by atoms with Gasteiger partial charge in [0, 0.05) is 18.7 Å². The molecule has 0 fully saturated rings. The lowest BCUT2D eigenvalue weighted by Gasteiger charge is -2.27. The number of nitrogens with one attached hydrogen (secondary N) is 1. The number of benzene rings is 1. The summed E-state index contributed by atoms with van der Waals surface area (Å²) in [6, 6.07) is 5.28. The molecule has 0 bridgehead atoms. The van der Waals surface area contributed by atoms with Crippen molar-refractivity contribution in [2.24, 2.45) is 0 Å². The smallest absolute Gasteiger partial charge is 0.251 e. The number of nitrogens with zero attached hydrogens (tertiary/aromatic N) is 1. The molecule has 2 N–H and O–H groups in total. The Morgan fingerprint density at radius 1 is 1.45 bits per heavy atom. The van der Waals surface area contributed by atoms with E-state index in [-0.39, 0.29) is 12.5 Å². The first-order chi connectivity index (χ1) is 9.25. The van der Waals surface area contributed by atoms with Gasteiger partial charge in [0.05, 0.1) is 12.7 Å². The molecule has 1 atom stereocenters. The van der Waals surface area contributed by atoms with E-state index in [1.165, 1.54) is 0 Å². The van der Waals surface area contributed by atoms with Gasteiger partial charge in [0.2, 0.25) is 0 Å². The van der Waals surface area contributed by atoms with Crippen LogP contribution < -0.4 is 10.1 Å². The first-order valence-corrected chi connectivity index (χ1v) is 6.55. The highest BCUT2D eigenvalue weighted by Crippen LogP contribution is 2.18. The molecule has 0 aliphatic rings. The summed E-state index contributed by atoms with van der Waals surface area (Å²) in [5, 5.41) is 12.9. The Kier molecular flexibility index (Phi) is 5.53. The molecule has 5 nitrogen and oxygen atoms in total. The second-order valence-electron chi connectivity index (χ2n) is 5.60. The first kappa shape index (κ1) is 16.5. The van der Waals surface area contributed by atoms with Crippen LogP contribution in [0.4, 0.5) is 0 Å². The summed E-state index contributed by atoms with van der Waals surface area (Å²) >= 11 is 0. The molecule has 0 heterocycles. The van der Waals surface area contributed by atoms with Crippen molar-refractivity contribution in [3.8, 4) is 5.75 Å². The van der Waals surface area contributed by atoms with E-state index in [9.17, 15) is 9.90 Å². The second kappa shape index (κ2) is 6.72. The highest BCUT2D eigenvalue weighted by molar-refractivity contribution is 5.94. The molecule has 0 radical (unpaired) electrons. The summed E-state index contributed by atoms with van der Waals surface area (Å²) in [6.45, 7) is 4.29. The summed E-state index contributed by atoms with van der Waals surface area (Å²) in [7, 11) is 5.33. The van der Waals surface area contributed by atoms with Crippen LogP contribution >= 0.6 is 0 Å². The number of aryl methyl sites for hydroxylation is 1. The first-order valence-electron chi connectivity index (χ1n) is 6.55. The molecule has 1 rings (SSSR count). The lowest BCUT2D eigenvalue weighted by atomic mass is 10.1. The minimum atomic E-state index is -0.964. The number of aliphatic hydroxyl groups is 1. The Morgan fingerprint density at radius 2 is 2.10 bits per heavy atom. The zero-order valence-corrected chi connectivity index (χ0v) is 12.9. The Morgan fingerprint density at radius 3 is 2.65 bits per heavy atom. The number of carbonyl (C=O) groups is 1. The Hall–Kier alpha value is -1.59. The van der Waals surface area contributed by atoms with E-state index in [0.29, 0.717) is 17.9 Å². The number of methoxy groups -OCH3 is 1. The van der Waals surface area contributed by atoms with Gasteiger partial charge >= 0.3 is 0 Å². The largest absolute Gasteiger partial charge is 0.496 e. The molecule has 0 aromatic heterocycles. The maximum absolute atomic E-state index is 12.1. The zero-order chi connectivity index (χ0) is 15.3. The van der Waals surface area contributed by atoms with E-state index in [4.69, 9.17) is 4.74 Å². The minimum absolute atomic E-state index is 0.195. The highest BCUT2D eigenvalue weighted by Gasteiger charge is 2.22. The molecular formula is C15H24N2O3. The highest BCUT2D eigenvalue weighted by atomic mass is 16.5. The second-order valence-corrected chi connectivity index (χ2v) is 5.60. The van der Waals surface area contributed by atoms with Crippen LogP contribution in [0.5, 0.6) is 5.75 Å². The molecule has 5 heteroatoms. The molecule has 20 heavy (non-hydrogen) atoms. The summed E-state index contributed by atoms with van der Waals surface area (Å²) < 4.78 is 5.20. The van der Waals surface area contributed by atoms with Crippen LogP contribution in [0.3, 0.4) is 0 Å². The third-order valence-corrected chi connectivity index (χ3v) is 2.96. The van der Waals surface area contributed by atoms with E-state index >= 15 is 0 Å². The fourth-order valence-corrected chi connectivity index (χ4v) is 2.07. The van der Waals surface area contributed by atoms with Gasteiger partial charge in [0.15, 0.2) is 0 Å². The zero-order valence-electron chi connectivity index (χ0n) is 12.9. The monoisotopic (exact) mass is 280 g/mol. The third-order valence-electron chi connectivity index (χ3n) is 2.96. The Balaban J connectivity index is 2.68. The molecule has 1 amide bonds. The topological polar surface area (TPSA) is 61.8 Å². The van der Waals surface area contributed by atoms with Gasteiger partial charge in [-0.3, -0.25) is 4.79 Å². The molecule has 0 spiro atoms. The van der Waals surface area contributed by atoms with Crippen LogP contribution in [-0.4, -0.2) is 55.8 Å². The van der Waals surface area contributed by atoms with Gasteiger partial charge < -0.3 is 20.1 Å². The van der Waals surface area contributed by atoms with E-state index in [2.05, 4.69) is 5.32 Å². The number of amides is 1. The molecule has 112 valence electrons. The molecular weight excluding hydrogens is 256 g/mol. The van der Waals surface area contributed by atoms with Crippen molar-refractivity contribution in [1.29, 1.82) is 0 Å². The summed E-state index contributed by atoms with van der Waals surface area (Å²) in [5.74, 6) is 0.458.